The highest BCUT2D eigenvalue weighted by molar-refractivity contribution is 9.10. The summed E-state index contributed by atoms with van der Waals surface area (Å²) in [7, 11) is 0. The van der Waals surface area contributed by atoms with E-state index in [4.69, 9.17) is 9.84 Å². The number of ether oxygens (including phenoxy) is 1. The Morgan fingerprint density at radius 2 is 2.25 bits per heavy atom. The minimum Gasteiger partial charge on any atom is -0.507 e. The van der Waals surface area contributed by atoms with Gasteiger partial charge in [-0.1, -0.05) is 0 Å². The van der Waals surface area contributed by atoms with Crippen molar-refractivity contribution >= 4 is 15.9 Å². The molecule has 0 aliphatic carbocycles. The fourth-order valence-electron chi connectivity index (χ4n) is 0.799. The first-order valence-electron chi connectivity index (χ1n) is 3.46. The summed E-state index contributed by atoms with van der Waals surface area (Å²) < 4.78 is 18.2. The van der Waals surface area contributed by atoms with Crippen LogP contribution in [0.1, 0.15) is 6.92 Å². The van der Waals surface area contributed by atoms with Gasteiger partial charge in [0.05, 0.1) is 6.61 Å². The van der Waals surface area contributed by atoms with Crippen LogP contribution in [0.3, 0.4) is 0 Å². The van der Waals surface area contributed by atoms with Gasteiger partial charge in [-0.2, -0.15) is 0 Å². The Morgan fingerprint density at radius 1 is 1.58 bits per heavy atom. The summed E-state index contributed by atoms with van der Waals surface area (Å²) in [4.78, 5) is 0. The van der Waals surface area contributed by atoms with E-state index in [9.17, 15) is 4.39 Å². The minimum atomic E-state index is -0.485. The molecule has 0 unspecified atom stereocenters. The van der Waals surface area contributed by atoms with Crippen molar-refractivity contribution in [2.45, 2.75) is 6.92 Å². The zero-order valence-corrected chi connectivity index (χ0v) is 8.06. The molecule has 0 aliphatic heterocycles. The molecule has 0 amide bonds. The Hall–Kier alpha value is -0.770. The van der Waals surface area contributed by atoms with Crippen molar-refractivity contribution in [2.75, 3.05) is 6.61 Å². The van der Waals surface area contributed by atoms with Gasteiger partial charge in [-0.25, -0.2) is 4.39 Å². The first kappa shape index (κ1) is 9.32. The quantitative estimate of drug-likeness (QED) is 0.853. The van der Waals surface area contributed by atoms with Crippen molar-refractivity contribution in [1.29, 1.82) is 0 Å². The fourth-order valence-corrected chi connectivity index (χ4v) is 1.23. The minimum absolute atomic E-state index is 0.0279. The van der Waals surface area contributed by atoms with Gasteiger partial charge in [0.2, 0.25) is 0 Å². The Bertz CT molecular complexity index is 289. The van der Waals surface area contributed by atoms with E-state index >= 15 is 0 Å². The van der Waals surface area contributed by atoms with Crippen molar-refractivity contribution in [2.24, 2.45) is 0 Å². The lowest BCUT2D eigenvalue weighted by atomic mass is 10.3. The maximum Gasteiger partial charge on any atom is 0.172 e. The van der Waals surface area contributed by atoms with E-state index in [0.717, 1.165) is 6.07 Å². The van der Waals surface area contributed by atoms with Gasteiger partial charge in [0, 0.05) is 0 Å². The largest absolute Gasteiger partial charge is 0.507 e. The average molecular weight is 235 g/mol. The van der Waals surface area contributed by atoms with Crippen molar-refractivity contribution in [3.05, 3.63) is 22.4 Å². The molecular weight excluding hydrogens is 227 g/mol. The molecule has 2 nitrogen and oxygen atoms in total. The zero-order chi connectivity index (χ0) is 9.14. The Kier molecular flexibility index (Phi) is 2.92. The van der Waals surface area contributed by atoms with Gasteiger partial charge in [0.15, 0.2) is 11.6 Å². The molecule has 0 bridgehead atoms. The fraction of sp³-hybridized carbons (Fsp3) is 0.250. The van der Waals surface area contributed by atoms with Crippen molar-refractivity contribution in [3.8, 4) is 11.5 Å². The van der Waals surface area contributed by atoms with Crippen LogP contribution in [0.5, 0.6) is 11.5 Å². The number of benzene rings is 1. The van der Waals surface area contributed by atoms with E-state index in [0.29, 0.717) is 6.61 Å². The van der Waals surface area contributed by atoms with Gasteiger partial charge >= 0.3 is 0 Å². The summed E-state index contributed by atoms with van der Waals surface area (Å²) in [6.45, 7) is 2.11. The van der Waals surface area contributed by atoms with Crippen LogP contribution in [0.15, 0.2) is 16.6 Å². The zero-order valence-electron chi connectivity index (χ0n) is 6.47. The highest BCUT2D eigenvalue weighted by Gasteiger charge is 2.11. The molecule has 0 aromatic heterocycles. The molecule has 4 heteroatoms. The van der Waals surface area contributed by atoms with E-state index in [-0.39, 0.29) is 16.0 Å². The second-order valence-corrected chi connectivity index (χ2v) is 2.94. The molecule has 0 saturated carbocycles. The molecule has 12 heavy (non-hydrogen) atoms. The first-order valence-corrected chi connectivity index (χ1v) is 4.26. The molecular formula is C8H8BrFO2. The Balaban J connectivity index is 3.14. The highest BCUT2D eigenvalue weighted by atomic mass is 79.9. The predicted molar refractivity (Wildman–Crippen MR) is 46.9 cm³/mol. The molecule has 0 radical (unpaired) electrons. The molecule has 0 fully saturated rings. The van der Waals surface area contributed by atoms with Crippen LogP contribution < -0.4 is 4.74 Å². The average Bonchev–Trinajstić information content (AvgIpc) is 2.06. The summed E-state index contributed by atoms with van der Waals surface area (Å²) in [5.74, 6) is -0.459. The summed E-state index contributed by atoms with van der Waals surface area (Å²) in [5, 5.41) is 9.16. The third-order valence-corrected chi connectivity index (χ3v) is 2.08. The summed E-state index contributed by atoms with van der Waals surface area (Å²) in [6, 6.07) is 2.42. The normalized spacial score (nSPS) is 9.92. The highest BCUT2D eigenvalue weighted by Crippen LogP contribution is 2.35. The maximum atomic E-state index is 13.0. The number of rotatable bonds is 2. The standard InChI is InChI=1S/C8H8BrFO2/c1-2-12-8-5(10)3-4-6(11)7(8)9/h3-4,11H,2H2,1H3. The summed E-state index contributed by atoms with van der Waals surface area (Å²) >= 11 is 3.02. The lowest BCUT2D eigenvalue weighted by Gasteiger charge is -2.07. The number of hydrogen-bond acceptors (Lipinski definition) is 2. The lowest BCUT2D eigenvalue weighted by Crippen LogP contribution is -1.95. The van der Waals surface area contributed by atoms with E-state index < -0.39 is 5.82 Å². The Morgan fingerprint density at radius 3 is 2.83 bits per heavy atom. The van der Waals surface area contributed by atoms with Crippen molar-refractivity contribution < 1.29 is 14.2 Å². The molecule has 1 rings (SSSR count). The first-order chi connectivity index (χ1) is 5.66. The molecule has 1 aromatic rings. The summed E-state index contributed by atoms with van der Waals surface area (Å²) in [5.41, 5.74) is 0. The number of phenols is 1. The molecule has 66 valence electrons. The third-order valence-electron chi connectivity index (χ3n) is 1.32. The number of hydrogen-bond donors (Lipinski definition) is 1. The molecule has 0 heterocycles. The summed E-state index contributed by atoms with van der Waals surface area (Å²) in [6.07, 6.45) is 0. The molecule has 0 aliphatic rings. The molecule has 1 N–H and O–H groups in total. The van der Waals surface area contributed by atoms with Crippen LogP contribution in [0.2, 0.25) is 0 Å². The van der Waals surface area contributed by atoms with Gasteiger partial charge < -0.3 is 9.84 Å². The van der Waals surface area contributed by atoms with E-state index in [1.165, 1.54) is 6.07 Å². The Labute approximate surface area is 78.1 Å². The van der Waals surface area contributed by atoms with Crippen molar-refractivity contribution in [1.82, 2.24) is 0 Å². The molecule has 1 aromatic carbocycles. The van der Waals surface area contributed by atoms with E-state index in [2.05, 4.69) is 15.9 Å². The monoisotopic (exact) mass is 234 g/mol. The van der Waals surface area contributed by atoms with Gasteiger partial charge in [-0.3, -0.25) is 0 Å². The van der Waals surface area contributed by atoms with Crippen LogP contribution >= 0.6 is 15.9 Å². The van der Waals surface area contributed by atoms with Gasteiger partial charge in [0.25, 0.3) is 0 Å². The van der Waals surface area contributed by atoms with E-state index in [1.54, 1.807) is 6.92 Å². The smallest absolute Gasteiger partial charge is 0.172 e. The number of aromatic hydroxyl groups is 1. The van der Waals surface area contributed by atoms with Crippen LogP contribution in [-0.4, -0.2) is 11.7 Å². The topological polar surface area (TPSA) is 29.5 Å². The second-order valence-electron chi connectivity index (χ2n) is 2.14. The van der Waals surface area contributed by atoms with Gasteiger partial charge in [-0.05, 0) is 35.0 Å². The van der Waals surface area contributed by atoms with Crippen LogP contribution in [0.4, 0.5) is 4.39 Å². The number of halogens is 2. The second kappa shape index (κ2) is 3.76. The van der Waals surface area contributed by atoms with Crippen LogP contribution in [0.25, 0.3) is 0 Å². The number of phenolic OH excluding ortho intramolecular Hbond substituents is 1. The SMILES string of the molecule is CCOc1c(F)ccc(O)c1Br. The lowest BCUT2D eigenvalue weighted by molar-refractivity contribution is 0.316. The van der Waals surface area contributed by atoms with Crippen molar-refractivity contribution in [3.63, 3.8) is 0 Å². The van der Waals surface area contributed by atoms with Crippen LogP contribution in [-0.2, 0) is 0 Å². The molecule has 0 spiro atoms. The molecule has 0 saturated heterocycles. The molecule has 0 atom stereocenters. The third kappa shape index (κ3) is 1.69. The van der Waals surface area contributed by atoms with Crippen LogP contribution in [0, 0.1) is 5.82 Å². The van der Waals surface area contributed by atoms with Gasteiger partial charge in [-0.15, -0.1) is 0 Å². The van der Waals surface area contributed by atoms with E-state index in [1.807, 2.05) is 0 Å². The van der Waals surface area contributed by atoms with Gasteiger partial charge in [0.1, 0.15) is 10.2 Å². The maximum absolute atomic E-state index is 13.0. The predicted octanol–water partition coefficient (Wildman–Crippen LogP) is 2.69.